The highest BCUT2D eigenvalue weighted by atomic mass is 35.5. The van der Waals surface area contributed by atoms with Gasteiger partial charge in [-0.3, -0.25) is 4.99 Å². The van der Waals surface area contributed by atoms with Crippen LogP contribution in [0.4, 0.5) is 0 Å². The molecule has 5 heteroatoms. The first kappa shape index (κ1) is 15.6. The quantitative estimate of drug-likeness (QED) is 0.597. The highest BCUT2D eigenvalue weighted by Crippen LogP contribution is 2.23. The van der Waals surface area contributed by atoms with Crippen LogP contribution in [0.2, 0.25) is 5.02 Å². The Bertz CT molecular complexity index is 421. The Labute approximate surface area is 120 Å². The molecular weight excluding hydrogens is 262 g/mol. The van der Waals surface area contributed by atoms with Crippen molar-refractivity contribution < 1.29 is 4.74 Å². The second-order valence-corrected chi connectivity index (χ2v) is 4.57. The van der Waals surface area contributed by atoms with Crippen molar-refractivity contribution >= 4 is 17.6 Å². The van der Waals surface area contributed by atoms with Gasteiger partial charge in [-0.25, -0.2) is 0 Å². The molecule has 0 bridgehead atoms. The fourth-order valence-electron chi connectivity index (χ4n) is 1.65. The average molecular weight is 284 g/mol. The third-order valence-electron chi connectivity index (χ3n) is 2.53. The lowest BCUT2D eigenvalue weighted by molar-refractivity contribution is 0.336. The van der Waals surface area contributed by atoms with Gasteiger partial charge in [-0.15, -0.1) is 0 Å². The number of nitrogens with zero attached hydrogens (tertiary/aromatic N) is 1. The minimum Gasteiger partial charge on any atom is -0.494 e. The number of benzene rings is 1. The maximum atomic E-state index is 6.00. The van der Waals surface area contributed by atoms with Crippen LogP contribution < -0.4 is 15.8 Å². The van der Waals surface area contributed by atoms with Gasteiger partial charge >= 0.3 is 0 Å². The lowest BCUT2D eigenvalue weighted by Gasteiger charge is -2.11. The zero-order chi connectivity index (χ0) is 14.1. The fourth-order valence-corrected chi connectivity index (χ4v) is 1.85. The van der Waals surface area contributed by atoms with E-state index in [0.717, 1.165) is 30.7 Å². The van der Waals surface area contributed by atoms with Gasteiger partial charge in [0.15, 0.2) is 5.96 Å². The summed E-state index contributed by atoms with van der Waals surface area (Å²) in [5.41, 5.74) is 6.81. The molecule has 3 N–H and O–H groups in total. The van der Waals surface area contributed by atoms with Crippen molar-refractivity contribution in [3.8, 4) is 5.75 Å². The summed E-state index contributed by atoms with van der Waals surface area (Å²) >= 11 is 6.00. The summed E-state index contributed by atoms with van der Waals surface area (Å²) in [4.78, 5) is 4.18. The van der Waals surface area contributed by atoms with Gasteiger partial charge in [0.1, 0.15) is 5.75 Å². The predicted molar refractivity (Wildman–Crippen MR) is 81.1 cm³/mol. The number of guanidine groups is 1. The number of nitrogens with one attached hydrogen (secondary N) is 1. The Morgan fingerprint density at radius 2 is 2.21 bits per heavy atom. The molecule has 0 heterocycles. The van der Waals surface area contributed by atoms with Gasteiger partial charge in [0.25, 0.3) is 0 Å². The monoisotopic (exact) mass is 283 g/mol. The molecule has 106 valence electrons. The van der Waals surface area contributed by atoms with Crippen LogP contribution in [0.3, 0.4) is 0 Å². The van der Waals surface area contributed by atoms with Crippen molar-refractivity contribution in [2.24, 2.45) is 10.7 Å². The second-order valence-electron chi connectivity index (χ2n) is 4.13. The standard InChI is InChI=1S/C14H22ClN3O/c1-3-8-17-14(16)18-9-7-11-10-12(15)5-6-13(11)19-4-2/h5-6,10H,3-4,7-9H2,1-2H3,(H3,16,17,18). The summed E-state index contributed by atoms with van der Waals surface area (Å²) in [5.74, 6) is 1.36. The second kappa shape index (κ2) is 8.64. The molecule has 0 atom stereocenters. The number of rotatable bonds is 7. The summed E-state index contributed by atoms with van der Waals surface area (Å²) in [6.07, 6.45) is 1.78. The van der Waals surface area contributed by atoms with Crippen LogP contribution in [0, 0.1) is 0 Å². The summed E-state index contributed by atoms with van der Waals surface area (Å²) in [5, 5.41) is 3.80. The van der Waals surface area contributed by atoms with Gasteiger partial charge < -0.3 is 15.8 Å². The molecule has 0 saturated heterocycles. The first-order chi connectivity index (χ1) is 9.17. The van der Waals surface area contributed by atoms with Crippen LogP contribution in [0.1, 0.15) is 25.8 Å². The molecule has 0 aliphatic carbocycles. The van der Waals surface area contributed by atoms with Crippen molar-refractivity contribution in [2.75, 3.05) is 19.7 Å². The lowest BCUT2D eigenvalue weighted by atomic mass is 10.1. The smallest absolute Gasteiger partial charge is 0.188 e. The van der Waals surface area contributed by atoms with E-state index in [4.69, 9.17) is 22.1 Å². The van der Waals surface area contributed by atoms with E-state index in [1.807, 2.05) is 25.1 Å². The highest BCUT2D eigenvalue weighted by Gasteiger charge is 2.04. The number of ether oxygens (including phenoxy) is 1. The van der Waals surface area contributed by atoms with E-state index in [1.54, 1.807) is 0 Å². The van der Waals surface area contributed by atoms with Crippen molar-refractivity contribution in [1.82, 2.24) is 5.32 Å². The largest absolute Gasteiger partial charge is 0.494 e. The van der Waals surface area contributed by atoms with E-state index in [-0.39, 0.29) is 0 Å². The first-order valence-electron chi connectivity index (χ1n) is 6.62. The molecule has 4 nitrogen and oxygen atoms in total. The van der Waals surface area contributed by atoms with Crippen LogP contribution >= 0.6 is 11.6 Å². The van der Waals surface area contributed by atoms with Crippen molar-refractivity contribution in [2.45, 2.75) is 26.7 Å². The summed E-state index contributed by atoms with van der Waals surface area (Å²) in [7, 11) is 0. The molecule has 0 unspecified atom stereocenters. The van der Waals surface area contributed by atoms with Crippen molar-refractivity contribution in [3.63, 3.8) is 0 Å². The number of hydrogen-bond donors (Lipinski definition) is 2. The molecule has 0 fully saturated rings. The van der Waals surface area contributed by atoms with Gasteiger partial charge in [0.05, 0.1) is 6.61 Å². The van der Waals surface area contributed by atoms with Crippen molar-refractivity contribution in [3.05, 3.63) is 28.8 Å². The van der Waals surface area contributed by atoms with Crippen molar-refractivity contribution in [1.29, 1.82) is 0 Å². The minimum atomic E-state index is 0.488. The van der Waals surface area contributed by atoms with Crippen LogP contribution in [0.5, 0.6) is 5.75 Å². The van der Waals surface area contributed by atoms with E-state index in [9.17, 15) is 0 Å². The lowest BCUT2D eigenvalue weighted by Crippen LogP contribution is -2.33. The molecule has 0 aliphatic rings. The van der Waals surface area contributed by atoms with Gasteiger partial charge in [0, 0.05) is 18.1 Å². The zero-order valence-corrected chi connectivity index (χ0v) is 12.3. The molecule has 0 saturated carbocycles. The van der Waals surface area contributed by atoms with E-state index in [0.29, 0.717) is 24.1 Å². The van der Waals surface area contributed by atoms with Gasteiger partial charge in [0.2, 0.25) is 0 Å². The highest BCUT2D eigenvalue weighted by molar-refractivity contribution is 6.30. The maximum absolute atomic E-state index is 6.00. The first-order valence-corrected chi connectivity index (χ1v) is 7.00. The third kappa shape index (κ3) is 5.83. The molecule has 0 radical (unpaired) electrons. The van der Waals surface area contributed by atoms with Gasteiger partial charge in [-0.2, -0.15) is 0 Å². The zero-order valence-electron chi connectivity index (χ0n) is 11.6. The summed E-state index contributed by atoms with van der Waals surface area (Å²) < 4.78 is 5.57. The molecule has 0 amide bonds. The molecule has 1 aromatic rings. The number of aliphatic imine (C=N–C) groups is 1. The van der Waals surface area contributed by atoms with Crippen LogP contribution in [-0.2, 0) is 6.42 Å². The molecule has 0 aliphatic heterocycles. The Morgan fingerprint density at radius 1 is 1.42 bits per heavy atom. The Morgan fingerprint density at radius 3 is 2.89 bits per heavy atom. The third-order valence-corrected chi connectivity index (χ3v) is 2.76. The average Bonchev–Trinajstić information content (AvgIpc) is 2.39. The maximum Gasteiger partial charge on any atom is 0.188 e. The molecule has 0 spiro atoms. The SMILES string of the molecule is CCCN=C(N)NCCc1cc(Cl)ccc1OCC. The van der Waals surface area contributed by atoms with E-state index >= 15 is 0 Å². The molecule has 0 aromatic heterocycles. The molecular formula is C14H22ClN3O. The molecule has 19 heavy (non-hydrogen) atoms. The Kier molecular flexibility index (Phi) is 7.11. The molecule has 1 rings (SSSR count). The van der Waals surface area contributed by atoms with Gasteiger partial charge in [-0.1, -0.05) is 18.5 Å². The van der Waals surface area contributed by atoms with Crippen LogP contribution in [0.15, 0.2) is 23.2 Å². The summed E-state index contributed by atoms with van der Waals surface area (Å²) in [6.45, 7) is 6.13. The number of nitrogens with two attached hydrogens (primary N) is 1. The summed E-state index contributed by atoms with van der Waals surface area (Å²) in [6, 6.07) is 5.66. The van der Waals surface area contributed by atoms with E-state index < -0.39 is 0 Å². The topological polar surface area (TPSA) is 59.6 Å². The number of hydrogen-bond acceptors (Lipinski definition) is 2. The van der Waals surface area contributed by atoms with Crippen LogP contribution in [0.25, 0.3) is 0 Å². The number of halogens is 1. The van der Waals surface area contributed by atoms with Crippen LogP contribution in [-0.4, -0.2) is 25.7 Å². The van der Waals surface area contributed by atoms with E-state index in [2.05, 4.69) is 17.2 Å². The minimum absolute atomic E-state index is 0.488. The van der Waals surface area contributed by atoms with Gasteiger partial charge in [-0.05, 0) is 43.5 Å². The van der Waals surface area contributed by atoms with E-state index in [1.165, 1.54) is 0 Å². The molecule has 1 aromatic carbocycles. The Balaban J connectivity index is 2.54. The predicted octanol–water partition coefficient (Wildman–Crippen LogP) is 2.60. The Hall–Kier alpha value is -1.42. The fraction of sp³-hybridized carbons (Fsp3) is 0.500. The normalized spacial score (nSPS) is 11.4.